The molecule has 0 amide bonds. The van der Waals surface area contributed by atoms with E-state index in [1.165, 1.54) is 0 Å². The number of benzene rings is 4. The van der Waals surface area contributed by atoms with Crippen molar-refractivity contribution in [1.29, 1.82) is 11.1 Å². The minimum absolute atomic E-state index is 0.113. The summed E-state index contributed by atoms with van der Waals surface area (Å²) in [5, 5.41) is 11.1. The molecule has 0 unspecified atom stereocenters. The van der Waals surface area contributed by atoms with Crippen molar-refractivity contribution in [3.8, 4) is 0 Å². The van der Waals surface area contributed by atoms with Crippen molar-refractivity contribution in [3.05, 3.63) is 121 Å². The molecule has 0 aliphatic rings. The van der Waals surface area contributed by atoms with Gasteiger partial charge in [0.05, 0.1) is 0 Å². The van der Waals surface area contributed by atoms with Crippen LogP contribution in [0, 0.1) is 11.1 Å². The molecule has 2 N–H and O–H groups in total. The normalized spacial score (nSPS) is 9.95. The fraction of sp³-hybridized carbons (Fsp3) is 0. The van der Waals surface area contributed by atoms with Crippen molar-refractivity contribution in [2.24, 2.45) is 10.2 Å². The monoisotopic (exact) mass is 712 g/mol. The van der Waals surface area contributed by atoms with Crippen molar-refractivity contribution < 1.29 is 25.2 Å². The summed E-state index contributed by atoms with van der Waals surface area (Å²) in [4.78, 5) is 0. The topological polar surface area (TPSA) is 85.4 Å². The molecule has 11 heteroatoms. The Morgan fingerprint density at radius 3 is 1.03 bits per heavy atom. The third-order valence-corrected chi connectivity index (χ3v) is 13.1. The SMILES string of the molecule is N=NC(=S)N(c1ccccc1)[N]([Hg][N](c1ccccc1)N(C(=S)N=N)c1ccccc1)c1ccccc1. The molecule has 0 radical (unpaired) electrons. The van der Waals surface area contributed by atoms with Gasteiger partial charge in [0.15, 0.2) is 0 Å². The van der Waals surface area contributed by atoms with Crippen LogP contribution in [0.3, 0.4) is 0 Å². The number of hydrogen-bond acceptors (Lipinski definition) is 6. The van der Waals surface area contributed by atoms with E-state index in [1.807, 2.05) is 121 Å². The third kappa shape index (κ3) is 6.40. The van der Waals surface area contributed by atoms with Gasteiger partial charge in [0.25, 0.3) is 0 Å². The Morgan fingerprint density at radius 1 is 0.486 bits per heavy atom. The van der Waals surface area contributed by atoms with E-state index in [-0.39, 0.29) is 10.2 Å². The summed E-state index contributed by atoms with van der Waals surface area (Å²) >= 11 is 8.54. The van der Waals surface area contributed by atoms with E-state index < -0.39 is 25.2 Å². The first-order chi connectivity index (χ1) is 18.1. The van der Waals surface area contributed by atoms with E-state index >= 15 is 0 Å². The van der Waals surface area contributed by atoms with Gasteiger partial charge >= 0.3 is 241 Å². The minimum atomic E-state index is -2.65. The fourth-order valence-corrected chi connectivity index (χ4v) is 12.2. The molecule has 0 saturated heterocycles. The zero-order valence-electron chi connectivity index (χ0n) is 19.8. The Labute approximate surface area is 239 Å². The second-order valence-corrected chi connectivity index (χ2v) is 14.2. The van der Waals surface area contributed by atoms with Crippen LogP contribution < -0.4 is 15.6 Å². The molecule has 37 heavy (non-hydrogen) atoms. The molecule has 0 spiro atoms. The maximum atomic E-state index is 7.76. The van der Waals surface area contributed by atoms with Crippen molar-refractivity contribution >= 4 is 57.4 Å². The predicted octanol–water partition coefficient (Wildman–Crippen LogP) is 7.39. The zero-order chi connectivity index (χ0) is 26.0. The van der Waals surface area contributed by atoms with Gasteiger partial charge in [0.2, 0.25) is 0 Å². The zero-order valence-corrected chi connectivity index (χ0v) is 26.9. The molecule has 0 aromatic heterocycles. The first-order valence-corrected chi connectivity index (χ1v) is 17.1. The van der Waals surface area contributed by atoms with Crippen LogP contribution in [0.15, 0.2) is 132 Å². The average Bonchev–Trinajstić information content (AvgIpc) is 2.97. The number of hydrogen-bond donors (Lipinski definition) is 2. The predicted molar refractivity (Wildman–Crippen MR) is 151 cm³/mol. The van der Waals surface area contributed by atoms with Gasteiger partial charge in [0, 0.05) is 0 Å². The first-order valence-electron chi connectivity index (χ1n) is 11.3. The summed E-state index contributed by atoms with van der Waals surface area (Å²) in [6.45, 7) is 0. The van der Waals surface area contributed by atoms with Crippen LogP contribution in [-0.4, -0.2) is 10.2 Å². The van der Waals surface area contributed by atoms with Crippen LogP contribution in [0.2, 0.25) is 0 Å². The van der Waals surface area contributed by atoms with Crippen molar-refractivity contribution in [2.75, 3.05) is 15.6 Å². The molecule has 4 rings (SSSR count). The quantitative estimate of drug-likeness (QED) is 0.0859. The van der Waals surface area contributed by atoms with E-state index in [4.69, 9.17) is 35.5 Å². The molecular weight excluding hydrogens is 689 g/mol. The van der Waals surface area contributed by atoms with Crippen LogP contribution in [-0.2, 0) is 25.2 Å². The molecule has 0 saturated carbocycles. The molecule has 0 fully saturated rings. The van der Waals surface area contributed by atoms with Crippen LogP contribution in [0.4, 0.5) is 22.7 Å². The van der Waals surface area contributed by atoms with Gasteiger partial charge in [-0.05, 0) is 0 Å². The Morgan fingerprint density at radius 2 is 0.757 bits per heavy atom. The van der Waals surface area contributed by atoms with E-state index in [9.17, 15) is 0 Å². The Bertz CT molecular complexity index is 1240. The van der Waals surface area contributed by atoms with Gasteiger partial charge in [-0.15, -0.1) is 0 Å². The second-order valence-electron chi connectivity index (χ2n) is 7.70. The number of nitrogens with zero attached hydrogens (tertiary/aromatic N) is 6. The fourth-order valence-electron chi connectivity index (χ4n) is 3.79. The number of nitrogens with one attached hydrogen (secondary N) is 2. The first kappa shape index (κ1) is 26.5. The number of rotatable bonds is 8. The van der Waals surface area contributed by atoms with Gasteiger partial charge in [-0.2, -0.15) is 0 Å². The van der Waals surface area contributed by atoms with Gasteiger partial charge in [-0.3, -0.25) is 0 Å². The van der Waals surface area contributed by atoms with Crippen LogP contribution in [0.5, 0.6) is 0 Å². The number of anilines is 4. The molecule has 4 aromatic rings. The maximum absolute atomic E-state index is 7.76. The van der Waals surface area contributed by atoms with E-state index in [2.05, 4.69) is 15.8 Å². The van der Waals surface area contributed by atoms with Crippen molar-refractivity contribution in [1.82, 2.24) is 0 Å². The van der Waals surface area contributed by atoms with E-state index in [0.29, 0.717) is 0 Å². The van der Waals surface area contributed by atoms with Gasteiger partial charge in [0.1, 0.15) is 0 Å². The molecular formula is C26H22HgN8S2. The molecule has 0 heterocycles. The number of para-hydroxylation sites is 4. The van der Waals surface area contributed by atoms with Crippen LogP contribution in [0.25, 0.3) is 0 Å². The summed E-state index contributed by atoms with van der Waals surface area (Å²) in [5.41, 5.74) is 18.9. The number of hydrazine groups is 2. The molecule has 180 valence electrons. The summed E-state index contributed by atoms with van der Waals surface area (Å²) in [7, 11) is 0. The van der Waals surface area contributed by atoms with Gasteiger partial charge in [-0.1, -0.05) is 0 Å². The van der Waals surface area contributed by atoms with Crippen molar-refractivity contribution in [2.45, 2.75) is 0 Å². The molecule has 4 aromatic carbocycles. The summed E-state index contributed by atoms with van der Waals surface area (Å²) in [5.74, 6) is 0. The average molecular weight is 711 g/mol. The van der Waals surface area contributed by atoms with Crippen LogP contribution >= 0.6 is 24.4 Å². The molecule has 0 aliphatic carbocycles. The van der Waals surface area contributed by atoms with E-state index in [1.54, 1.807) is 10.0 Å². The standard InChI is InChI=1S/2C13H11N4S.Hg/c2*14-15-13(18)17(12-9-5-2-6-10-12)16-11-7-3-1-4-8-11;/h2*1-10,14H;/q2*-1;+2. The molecule has 0 aliphatic heterocycles. The summed E-state index contributed by atoms with van der Waals surface area (Å²) < 4.78 is 4.26. The molecule has 8 nitrogen and oxygen atoms in total. The van der Waals surface area contributed by atoms with Crippen LogP contribution in [0.1, 0.15) is 0 Å². The number of thiocarbonyl (C=S) groups is 2. The Kier molecular flexibility index (Phi) is 9.36. The van der Waals surface area contributed by atoms with Crippen molar-refractivity contribution in [3.63, 3.8) is 0 Å². The van der Waals surface area contributed by atoms with Gasteiger partial charge < -0.3 is 0 Å². The molecule has 0 bridgehead atoms. The second kappa shape index (κ2) is 13.1. The summed E-state index contributed by atoms with van der Waals surface area (Å²) in [6, 6.07) is 39.1. The van der Waals surface area contributed by atoms with E-state index in [0.717, 1.165) is 22.7 Å². The third-order valence-electron chi connectivity index (χ3n) is 5.41. The van der Waals surface area contributed by atoms with Gasteiger partial charge in [-0.25, -0.2) is 0 Å². The Hall–Kier alpha value is -3.60. The Balaban J connectivity index is 1.90. The summed E-state index contributed by atoms with van der Waals surface area (Å²) in [6.07, 6.45) is 0. The molecule has 0 atom stereocenters.